The van der Waals surface area contributed by atoms with E-state index in [2.05, 4.69) is 46.8 Å². The van der Waals surface area contributed by atoms with Crippen LogP contribution in [0.2, 0.25) is 0 Å². The standard InChI is InChI=1S/C21H36O2/c1-15(14-19(22)23-6)8-10-17-16(2)9-11-18-20(3,4)12-7-13-21(17,18)5/h9,11,15-18H,7-8,10,12-14H2,1-6H3/t15?,16-,17-,18?,21+/m1/s1. The normalized spacial score (nSPS) is 37.0. The largest absolute Gasteiger partial charge is 0.469 e. The number of fused-ring (bicyclic) bond motifs is 1. The molecule has 0 saturated heterocycles. The van der Waals surface area contributed by atoms with E-state index >= 15 is 0 Å². The Morgan fingerprint density at radius 3 is 2.61 bits per heavy atom. The monoisotopic (exact) mass is 320 g/mol. The highest BCUT2D eigenvalue weighted by Crippen LogP contribution is 2.59. The molecule has 2 nitrogen and oxygen atoms in total. The van der Waals surface area contributed by atoms with Gasteiger partial charge in [-0.1, -0.05) is 53.2 Å². The minimum absolute atomic E-state index is 0.0722. The smallest absolute Gasteiger partial charge is 0.305 e. The molecular weight excluding hydrogens is 284 g/mol. The number of methoxy groups -OCH3 is 1. The summed E-state index contributed by atoms with van der Waals surface area (Å²) in [7, 11) is 1.48. The molecule has 2 unspecified atom stereocenters. The summed E-state index contributed by atoms with van der Waals surface area (Å²) in [4.78, 5) is 11.5. The molecule has 0 radical (unpaired) electrons. The van der Waals surface area contributed by atoms with E-state index in [1.54, 1.807) is 0 Å². The number of hydrogen-bond donors (Lipinski definition) is 0. The molecule has 2 rings (SSSR count). The molecule has 0 aromatic carbocycles. The molecule has 2 aliphatic carbocycles. The minimum Gasteiger partial charge on any atom is -0.469 e. The Bertz CT molecular complexity index is 451. The van der Waals surface area contributed by atoms with E-state index < -0.39 is 0 Å². The Kier molecular flexibility index (Phi) is 5.63. The maximum atomic E-state index is 11.5. The van der Waals surface area contributed by atoms with Gasteiger partial charge in [0, 0.05) is 6.42 Å². The van der Waals surface area contributed by atoms with Gasteiger partial charge in [-0.3, -0.25) is 4.79 Å². The van der Waals surface area contributed by atoms with E-state index in [-0.39, 0.29) is 5.97 Å². The van der Waals surface area contributed by atoms with Crippen LogP contribution in [0.3, 0.4) is 0 Å². The van der Waals surface area contributed by atoms with Crippen LogP contribution in [0.4, 0.5) is 0 Å². The van der Waals surface area contributed by atoms with Crippen molar-refractivity contribution in [3.05, 3.63) is 12.2 Å². The van der Waals surface area contributed by atoms with Crippen molar-refractivity contribution in [2.24, 2.45) is 34.5 Å². The lowest BCUT2D eigenvalue weighted by atomic mass is 9.48. The Morgan fingerprint density at radius 1 is 1.26 bits per heavy atom. The van der Waals surface area contributed by atoms with Gasteiger partial charge in [-0.25, -0.2) is 0 Å². The number of esters is 1. The number of hydrogen-bond acceptors (Lipinski definition) is 2. The molecule has 0 N–H and O–H groups in total. The third-order valence-electron chi connectivity index (χ3n) is 6.89. The molecule has 0 aliphatic heterocycles. The second-order valence-corrected chi connectivity index (χ2v) is 9.14. The molecule has 1 saturated carbocycles. The maximum absolute atomic E-state index is 11.5. The highest BCUT2D eigenvalue weighted by molar-refractivity contribution is 5.69. The van der Waals surface area contributed by atoms with Crippen LogP contribution in [0.15, 0.2) is 12.2 Å². The van der Waals surface area contributed by atoms with E-state index in [4.69, 9.17) is 4.74 Å². The van der Waals surface area contributed by atoms with Crippen molar-refractivity contribution in [3.63, 3.8) is 0 Å². The van der Waals surface area contributed by atoms with E-state index in [1.165, 1.54) is 32.8 Å². The molecule has 2 heteroatoms. The van der Waals surface area contributed by atoms with E-state index in [0.29, 0.717) is 35.0 Å². The molecule has 5 atom stereocenters. The summed E-state index contributed by atoms with van der Waals surface area (Å²) < 4.78 is 4.82. The van der Waals surface area contributed by atoms with Gasteiger partial charge < -0.3 is 4.74 Å². The van der Waals surface area contributed by atoms with Crippen molar-refractivity contribution in [1.29, 1.82) is 0 Å². The predicted molar refractivity (Wildman–Crippen MR) is 96.1 cm³/mol. The summed E-state index contributed by atoms with van der Waals surface area (Å²) in [5.41, 5.74) is 0.834. The first-order valence-electron chi connectivity index (χ1n) is 9.46. The Balaban J connectivity index is 2.08. The summed E-state index contributed by atoms with van der Waals surface area (Å²) >= 11 is 0. The van der Waals surface area contributed by atoms with E-state index in [1.807, 2.05) is 0 Å². The van der Waals surface area contributed by atoms with Crippen LogP contribution in [0, 0.1) is 34.5 Å². The van der Waals surface area contributed by atoms with Crippen LogP contribution in [0.1, 0.15) is 73.1 Å². The van der Waals surface area contributed by atoms with Gasteiger partial charge >= 0.3 is 5.97 Å². The number of carbonyl (C=O) groups is 1. The van der Waals surface area contributed by atoms with E-state index in [9.17, 15) is 4.79 Å². The van der Waals surface area contributed by atoms with Gasteiger partial charge in [0.25, 0.3) is 0 Å². The first kappa shape index (κ1) is 18.5. The molecule has 0 aromatic heterocycles. The van der Waals surface area contributed by atoms with Crippen LogP contribution in [0.5, 0.6) is 0 Å². The van der Waals surface area contributed by atoms with Gasteiger partial charge in [0.1, 0.15) is 0 Å². The molecule has 0 heterocycles. The summed E-state index contributed by atoms with van der Waals surface area (Å²) in [6.45, 7) is 12.0. The van der Waals surface area contributed by atoms with Crippen LogP contribution in [0.25, 0.3) is 0 Å². The fourth-order valence-electron chi connectivity index (χ4n) is 5.57. The number of allylic oxidation sites excluding steroid dienone is 2. The molecule has 1 fully saturated rings. The number of rotatable bonds is 5. The topological polar surface area (TPSA) is 26.3 Å². The number of carbonyl (C=O) groups excluding carboxylic acids is 1. The molecular formula is C21H36O2. The summed E-state index contributed by atoms with van der Waals surface area (Å²) in [5, 5.41) is 0. The second-order valence-electron chi connectivity index (χ2n) is 9.14. The summed E-state index contributed by atoms with van der Waals surface area (Å²) in [6.07, 6.45) is 12.0. The molecule has 2 aliphatic rings. The Labute approximate surface area is 143 Å². The number of ether oxygens (including phenoxy) is 1. The van der Waals surface area contributed by atoms with Gasteiger partial charge in [-0.05, 0) is 60.2 Å². The Hall–Kier alpha value is -0.790. The first-order valence-corrected chi connectivity index (χ1v) is 9.46. The minimum atomic E-state index is -0.0722. The van der Waals surface area contributed by atoms with Crippen molar-refractivity contribution < 1.29 is 9.53 Å². The average molecular weight is 321 g/mol. The van der Waals surface area contributed by atoms with Gasteiger partial charge in [0.05, 0.1) is 7.11 Å². The van der Waals surface area contributed by atoms with Gasteiger partial charge in [0.2, 0.25) is 0 Å². The highest BCUT2D eigenvalue weighted by atomic mass is 16.5. The van der Waals surface area contributed by atoms with Crippen molar-refractivity contribution in [2.75, 3.05) is 7.11 Å². The van der Waals surface area contributed by atoms with Crippen LogP contribution >= 0.6 is 0 Å². The second kappa shape index (κ2) is 6.99. The van der Waals surface area contributed by atoms with Crippen molar-refractivity contribution in [1.82, 2.24) is 0 Å². The van der Waals surface area contributed by atoms with Crippen molar-refractivity contribution in [3.8, 4) is 0 Å². The van der Waals surface area contributed by atoms with Gasteiger partial charge in [-0.2, -0.15) is 0 Å². The fraction of sp³-hybridized carbons (Fsp3) is 0.857. The van der Waals surface area contributed by atoms with Gasteiger partial charge in [0.15, 0.2) is 0 Å². The zero-order valence-electron chi connectivity index (χ0n) is 16.0. The summed E-state index contributed by atoms with van der Waals surface area (Å²) in [6, 6.07) is 0. The molecule has 132 valence electrons. The molecule has 0 spiro atoms. The van der Waals surface area contributed by atoms with Gasteiger partial charge in [-0.15, -0.1) is 0 Å². The van der Waals surface area contributed by atoms with Crippen molar-refractivity contribution in [2.45, 2.75) is 73.1 Å². The third kappa shape index (κ3) is 3.83. The Morgan fingerprint density at radius 2 is 1.96 bits per heavy atom. The predicted octanol–water partition coefficient (Wildman–Crippen LogP) is 5.62. The van der Waals surface area contributed by atoms with Crippen LogP contribution < -0.4 is 0 Å². The molecule has 0 bridgehead atoms. The fourth-order valence-corrected chi connectivity index (χ4v) is 5.57. The van der Waals surface area contributed by atoms with E-state index in [0.717, 1.165) is 12.3 Å². The SMILES string of the molecule is COC(=O)CC(C)CC[C@@H]1[C@H](C)C=CC2C(C)(C)CCC[C@]21C. The lowest BCUT2D eigenvalue weighted by Crippen LogP contribution is -2.49. The molecule has 0 amide bonds. The maximum Gasteiger partial charge on any atom is 0.305 e. The van der Waals surface area contributed by atoms with Crippen LogP contribution in [-0.2, 0) is 9.53 Å². The zero-order chi connectivity index (χ0) is 17.3. The quantitative estimate of drug-likeness (QED) is 0.485. The lowest BCUT2D eigenvalue weighted by Gasteiger charge is -2.57. The zero-order valence-corrected chi connectivity index (χ0v) is 16.0. The molecule has 0 aromatic rings. The van der Waals surface area contributed by atoms with Crippen LogP contribution in [-0.4, -0.2) is 13.1 Å². The first-order chi connectivity index (χ1) is 10.7. The average Bonchev–Trinajstić information content (AvgIpc) is 2.45. The highest BCUT2D eigenvalue weighted by Gasteiger charge is 2.51. The van der Waals surface area contributed by atoms with Crippen molar-refractivity contribution >= 4 is 5.97 Å². The molecule has 23 heavy (non-hydrogen) atoms. The lowest BCUT2D eigenvalue weighted by molar-refractivity contribution is -0.141. The third-order valence-corrected chi connectivity index (χ3v) is 6.89. The summed E-state index contributed by atoms with van der Waals surface area (Å²) in [5.74, 6) is 2.42.